The van der Waals surface area contributed by atoms with Gasteiger partial charge in [0, 0.05) is 0 Å². The topological polar surface area (TPSA) is 116 Å². The van der Waals surface area contributed by atoms with Gasteiger partial charge >= 0.3 is 5.97 Å². The van der Waals surface area contributed by atoms with Crippen molar-refractivity contribution in [3.05, 3.63) is 57.0 Å². The molecule has 11 heteroatoms. The zero-order valence-corrected chi connectivity index (χ0v) is 18.1. The number of aromatic nitrogens is 6. The molecule has 0 radical (unpaired) electrons. The molecule has 0 spiro atoms. The summed E-state index contributed by atoms with van der Waals surface area (Å²) >= 11 is 2.54. The van der Waals surface area contributed by atoms with Gasteiger partial charge in [-0.1, -0.05) is 30.0 Å². The van der Waals surface area contributed by atoms with E-state index in [4.69, 9.17) is 4.74 Å². The summed E-state index contributed by atoms with van der Waals surface area (Å²) in [5.41, 5.74) is 1.14. The minimum atomic E-state index is -0.441. The van der Waals surface area contributed by atoms with E-state index in [0.29, 0.717) is 31.6 Å². The van der Waals surface area contributed by atoms with E-state index in [1.165, 1.54) is 23.1 Å². The Kier molecular flexibility index (Phi) is 5.64. The van der Waals surface area contributed by atoms with Crippen LogP contribution in [0.2, 0.25) is 0 Å². The average Bonchev–Trinajstić information content (AvgIpc) is 3.33. The van der Waals surface area contributed by atoms with Crippen molar-refractivity contribution in [2.75, 3.05) is 6.61 Å². The Morgan fingerprint density at radius 2 is 2.10 bits per heavy atom. The molecular formula is C19H18N6O3S2. The van der Waals surface area contributed by atoms with Crippen LogP contribution in [0, 0.1) is 6.92 Å². The molecule has 1 aromatic carbocycles. The van der Waals surface area contributed by atoms with E-state index in [2.05, 4.69) is 25.5 Å². The van der Waals surface area contributed by atoms with E-state index in [1.807, 2.05) is 37.3 Å². The number of thioether (sulfide) groups is 1. The number of para-hydroxylation sites is 1. The molecule has 4 aromatic rings. The van der Waals surface area contributed by atoms with Crippen LogP contribution in [0.25, 0.3) is 15.9 Å². The van der Waals surface area contributed by atoms with Crippen molar-refractivity contribution in [2.24, 2.45) is 0 Å². The maximum atomic E-state index is 12.7. The van der Waals surface area contributed by atoms with Gasteiger partial charge in [0.05, 0.1) is 22.9 Å². The maximum Gasteiger partial charge on any atom is 0.348 e. The molecule has 30 heavy (non-hydrogen) atoms. The van der Waals surface area contributed by atoms with Gasteiger partial charge in [0.1, 0.15) is 15.5 Å². The highest BCUT2D eigenvalue weighted by atomic mass is 32.2. The van der Waals surface area contributed by atoms with Crippen LogP contribution >= 0.6 is 23.1 Å². The normalized spacial score (nSPS) is 12.2. The van der Waals surface area contributed by atoms with Crippen LogP contribution in [0.3, 0.4) is 0 Å². The molecule has 3 heterocycles. The number of hydrogen-bond acceptors (Lipinski definition) is 9. The van der Waals surface area contributed by atoms with Gasteiger partial charge in [-0.25, -0.2) is 9.78 Å². The fourth-order valence-electron chi connectivity index (χ4n) is 2.94. The van der Waals surface area contributed by atoms with Crippen LogP contribution in [-0.4, -0.2) is 42.8 Å². The van der Waals surface area contributed by atoms with Crippen LogP contribution in [-0.2, 0) is 4.74 Å². The van der Waals surface area contributed by atoms with Gasteiger partial charge in [0.15, 0.2) is 0 Å². The van der Waals surface area contributed by atoms with E-state index in [9.17, 15) is 9.59 Å². The molecule has 1 unspecified atom stereocenters. The smallest absolute Gasteiger partial charge is 0.348 e. The van der Waals surface area contributed by atoms with Crippen LogP contribution in [0.15, 0.2) is 40.3 Å². The Bertz CT molecular complexity index is 1260. The zero-order valence-electron chi connectivity index (χ0n) is 16.4. The molecule has 4 rings (SSSR count). The number of nitrogens with zero attached hydrogens (tertiary/aromatic N) is 5. The monoisotopic (exact) mass is 442 g/mol. The van der Waals surface area contributed by atoms with Crippen LogP contribution in [0.5, 0.6) is 0 Å². The first-order chi connectivity index (χ1) is 14.5. The number of H-pyrrole nitrogens is 1. The van der Waals surface area contributed by atoms with Crippen molar-refractivity contribution in [2.45, 2.75) is 31.2 Å². The van der Waals surface area contributed by atoms with Crippen molar-refractivity contribution in [1.29, 1.82) is 0 Å². The molecule has 1 N–H and O–H groups in total. The van der Waals surface area contributed by atoms with Gasteiger partial charge in [-0.3, -0.25) is 4.79 Å². The lowest BCUT2D eigenvalue weighted by atomic mass is 10.2. The Morgan fingerprint density at radius 1 is 1.33 bits per heavy atom. The molecule has 0 amide bonds. The van der Waals surface area contributed by atoms with E-state index < -0.39 is 5.97 Å². The first-order valence-corrected chi connectivity index (χ1v) is 10.9. The van der Waals surface area contributed by atoms with E-state index in [-0.39, 0.29) is 17.4 Å². The molecule has 154 valence electrons. The summed E-state index contributed by atoms with van der Waals surface area (Å²) in [6, 6.07) is 9.54. The summed E-state index contributed by atoms with van der Waals surface area (Å²) in [4.78, 5) is 33.2. The third kappa shape index (κ3) is 3.73. The second-order valence-electron chi connectivity index (χ2n) is 6.38. The molecule has 0 saturated heterocycles. The Labute approximate surface area is 179 Å². The third-order valence-electron chi connectivity index (χ3n) is 4.39. The van der Waals surface area contributed by atoms with Gasteiger partial charge in [-0.05, 0) is 48.9 Å². The summed E-state index contributed by atoms with van der Waals surface area (Å²) in [5.74, 6) is 0.0418. The largest absolute Gasteiger partial charge is 0.462 e. The highest BCUT2D eigenvalue weighted by Gasteiger charge is 2.22. The van der Waals surface area contributed by atoms with Crippen LogP contribution in [0.4, 0.5) is 0 Å². The van der Waals surface area contributed by atoms with E-state index in [1.54, 1.807) is 18.5 Å². The van der Waals surface area contributed by atoms with Gasteiger partial charge in [0.25, 0.3) is 5.56 Å². The fraction of sp³-hybridized carbons (Fsp3) is 0.263. The molecule has 0 aliphatic rings. The molecule has 0 bridgehead atoms. The predicted molar refractivity (Wildman–Crippen MR) is 114 cm³/mol. The van der Waals surface area contributed by atoms with Gasteiger partial charge in [0.2, 0.25) is 5.16 Å². The second kappa shape index (κ2) is 8.36. The Balaban J connectivity index is 1.67. The number of carbonyl (C=O) groups excluding carboxylic acids is 1. The Hall–Kier alpha value is -3.05. The van der Waals surface area contributed by atoms with Crippen molar-refractivity contribution >= 4 is 39.3 Å². The number of aryl methyl sites for hydroxylation is 1. The number of tetrazole rings is 1. The average molecular weight is 443 g/mol. The number of benzene rings is 1. The summed E-state index contributed by atoms with van der Waals surface area (Å²) in [7, 11) is 0. The molecular weight excluding hydrogens is 424 g/mol. The van der Waals surface area contributed by atoms with Crippen molar-refractivity contribution in [3.8, 4) is 5.69 Å². The fourth-order valence-corrected chi connectivity index (χ4v) is 4.89. The van der Waals surface area contributed by atoms with Crippen LogP contribution < -0.4 is 5.56 Å². The number of hydrogen-bond donors (Lipinski definition) is 1. The first kappa shape index (κ1) is 20.2. The predicted octanol–water partition coefficient (Wildman–Crippen LogP) is 3.30. The summed E-state index contributed by atoms with van der Waals surface area (Å²) < 4.78 is 6.71. The van der Waals surface area contributed by atoms with Crippen molar-refractivity contribution in [1.82, 2.24) is 30.2 Å². The number of fused-ring (bicyclic) bond motifs is 1. The van der Waals surface area contributed by atoms with Gasteiger partial charge in [-0.2, -0.15) is 4.68 Å². The molecule has 0 saturated carbocycles. The van der Waals surface area contributed by atoms with Crippen molar-refractivity contribution in [3.63, 3.8) is 0 Å². The number of ether oxygens (including phenoxy) is 1. The van der Waals surface area contributed by atoms with Crippen molar-refractivity contribution < 1.29 is 9.53 Å². The number of esters is 1. The number of nitrogens with one attached hydrogen (secondary N) is 1. The molecule has 9 nitrogen and oxygen atoms in total. The first-order valence-electron chi connectivity index (χ1n) is 9.20. The molecule has 3 aromatic heterocycles. The summed E-state index contributed by atoms with van der Waals surface area (Å²) in [6.45, 7) is 5.65. The lowest BCUT2D eigenvalue weighted by Crippen LogP contribution is -2.13. The van der Waals surface area contributed by atoms with Crippen LogP contribution in [0.1, 0.15) is 40.2 Å². The number of aromatic amines is 1. The minimum absolute atomic E-state index is 0.232. The molecule has 0 fully saturated rings. The SMILES string of the molecule is CCOC(=O)c1sc2nc(C(C)Sc3nnnn3-c3ccccc3)[nH]c(=O)c2c1C. The zero-order chi connectivity index (χ0) is 21.3. The maximum absolute atomic E-state index is 12.7. The highest BCUT2D eigenvalue weighted by molar-refractivity contribution is 7.99. The lowest BCUT2D eigenvalue weighted by molar-refractivity contribution is 0.0531. The highest BCUT2D eigenvalue weighted by Crippen LogP contribution is 2.34. The molecule has 0 aliphatic heterocycles. The number of thiophene rings is 1. The number of rotatable bonds is 6. The van der Waals surface area contributed by atoms with E-state index >= 15 is 0 Å². The molecule has 0 aliphatic carbocycles. The minimum Gasteiger partial charge on any atom is -0.462 e. The Morgan fingerprint density at radius 3 is 2.83 bits per heavy atom. The van der Waals surface area contributed by atoms with Gasteiger partial charge < -0.3 is 9.72 Å². The quantitative estimate of drug-likeness (QED) is 0.357. The number of carbonyl (C=O) groups is 1. The lowest BCUT2D eigenvalue weighted by Gasteiger charge is -2.10. The summed E-state index contributed by atoms with van der Waals surface area (Å²) in [5, 5.41) is 12.7. The molecule has 1 atom stereocenters. The second-order valence-corrected chi connectivity index (χ2v) is 8.68. The third-order valence-corrected chi connectivity index (χ3v) is 6.60. The van der Waals surface area contributed by atoms with E-state index in [0.717, 1.165) is 5.69 Å². The van der Waals surface area contributed by atoms with Gasteiger partial charge in [-0.15, -0.1) is 16.4 Å². The summed E-state index contributed by atoms with van der Waals surface area (Å²) in [6.07, 6.45) is 0. The standard InChI is InChI=1S/C19H18N6O3S2/c1-4-28-18(27)14-10(2)13-16(26)20-15(21-17(13)30-14)11(3)29-19-22-23-24-25(19)12-8-6-5-7-9-12/h5-9,11H,4H2,1-3H3,(H,20,21,26).